The maximum absolute atomic E-state index is 13.7. The number of hydrogen-bond donors (Lipinski definition) is 0. The lowest BCUT2D eigenvalue weighted by atomic mass is 10.1. The molecule has 1 heterocycles. The van der Waals surface area contributed by atoms with Crippen molar-refractivity contribution >= 4 is 15.9 Å². The summed E-state index contributed by atoms with van der Waals surface area (Å²) in [5.41, 5.74) is 0.849. The third-order valence-electron chi connectivity index (χ3n) is 3.35. The van der Waals surface area contributed by atoms with Crippen LogP contribution in [0.15, 0.2) is 18.2 Å². The molecule has 1 aliphatic heterocycles. The fourth-order valence-corrected chi connectivity index (χ4v) is 3.02. The van der Waals surface area contributed by atoms with Crippen LogP contribution in [0.5, 0.6) is 0 Å². The molecule has 1 amide bonds. The second-order valence-electron chi connectivity index (χ2n) is 4.94. The first kappa shape index (κ1) is 14.9. The van der Waals surface area contributed by atoms with Crippen molar-refractivity contribution in [2.45, 2.75) is 6.92 Å². The van der Waals surface area contributed by atoms with Crippen LogP contribution in [-0.4, -0.2) is 56.0 Å². The predicted molar refractivity (Wildman–Crippen MR) is 73.5 cm³/mol. The summed E-state index contributed by atoms with van der Waals surface area (Å²) < 4.78 is 37.8. The third kappa shape index (κ3) is 3.16. The van der Waals surface area contributed by atoms with E-state index in [-0.39, 0.29) is 37.6 Å². The van der Waals surface area contributed by atoms with Crippen LogP contribution < -0.4 is 0 Å². The molecule has 1 fully saturated rings. The van der Waals surface area contributed by atoms with E-state index >= 15 is 0 Å². The van der Waals surface area contributed by atoms with E-state index < -0.39 is 15.8 Å². The number of aryl methyl sites for hydroxylation is 1. The van der Waals surface area contributed by atoms with E-state index in [9.17, 15) is 17.6 Å². The first-order valence-corrected chi connectivity index (χ1v) is 8.14. The minimum absolute atomic E-state index is 0.0396. The molecule has 2 rings (SSSR count). The molecule has 1 aromatic rings. The fourth-order valence-electron chi connectivity index (χ4n) is 2.20. The quantitative estimate of drug-likeness (QED) is 0.813. The average Bonchev–Trinajstić information content (AvgIpc) is 2.40. The highest BCUT2D eigenvalue weighted by Crippen LogP contribution is 2.15. The van der Waals surface area contributed by atoms with E-state index in [1.54, 1.807) is 13.0 Å². The largest absolute Gasteiger partial charge is 0.336 e. The van der Waals surface area contributed by atoms with Gasteiger partial charge in [-0.3, -0.25) is 4.79 Å². The molecule has 1 aliphatic rings. The maximum atomic E-state index is 13.7. The number of hydrogen-bond acceptors (Lipinski definition) is 3. The molecule has 7 heteroatoms. The van der Waals surface area contributed by atoms with Gasteiger partial charge >= 0.3 is 0 Å². The Morgan fingerprint density at radius 1 is 1.20 bits per heavy atom. The summed E-state index contributed by atoms with van der Waals surface area (Å²) in [7, 11) is -3.23. The molecule has 1 saturated heterocycles. The van der Waals surface area contributed by atoms with E-state index in [0.717, 1.165) is 11.8 Å². The van der Waals surface area contributed by atoms with Crippen LogP contribution in [-0.2, 0) is 10.0 Å². The lowest BCUT2D eigenvalue weighted by Gasteiger charge is -2.33. The molecule has 0 spiro atoms. The Morgan fingerprint density at radius 2 is 1.80 bits per heavy atom. The monoisotopic (exact) mass is 300 g/mol. The Hall–Kier alpha value is -1.47. The maximum Gasteiger partial charge on any atom is 0.256 e. The number of rotatable bonds is 2. The SMILES string of the molecule is Cc1ccc(F)c(C(=O)N2CCN(S(C)(=O)=O)CC2)c1. The molecule has 0 bridgehead atoms. The lowest BCUT2D eigenvalue weighted by Crippen LogP contribution is -2.50. The smallest absolute Gasteiger partial charge is 0.256 e. The summed E-state index contributed by atoms with van der Waals surface area (Å²) in [5.74, 6) is -0.939. The highest BCUT2D eigenvalue weighted by molar-refractivity contribution is 7.88. The van der Waals surface area contributed by atoms with Crippen molar-refractivity contribution in [1.82, 2.24) is 9.21 Å². The predicted octanol–water partition coefficient (Wildman–Crippen LogP) is 0.852. The lowest BCUT2D eigenvalue weighted by molar-refractivity contribution is 0.0693. The average molecular weight is 300 g/mol. The summed E-state index contributed by atoms with van der Waals surface area (Å²) in [6.45, 7) is 2.84. The molecular formula is C13H17FN2O3S. The van der Waals surface area contributed by atoms with Gasteiger partial charge in [-0.1, -0.05) is 11.6 Å². The van der Waals surface area contributed by atoms with Crippen LogP contribution in [0, 0.1) is 12.7 Å². The fraction of sp³-hybridized carbons (Fsp3) is 0.462. The topological polar surface area (TPSA) is 57.7 Å². The molecule has 0 aromatic heterocycles. The number of sulfonamides is 1. The number of carbonyl (C=O) groups excluding carboxylic acids is 1. The highest BCUT2D eigenvalue weighted by Gasteiger charge is 2.27. The number of piperazine rings is 1. The number of benzene rings is 1. The van der Waals surface area contributed by atoms with Gasteiger partial charge in [0.1, 0.15) is 5.82 Å². The Bertz CT molecular complexity index is 623. The number of amides is 1. The van der Waals surface area contributed by atoms with Gasteiger partial charge in [0, 0.05) is 26.2 Å². The second-order valence-corrected chi connectivity index (χ2v) is 6.92. The van der Waals surface area contributed by atoms with E-state index in [2.05, 4.69) is 0 Å². The molecule has 110 valence electrons. The molecule has 5 nitrogen and oxygen atoms in total. The summed E-state index contributed by atoms with van der Waals surface area (Å²) >= 11 is 0. The van der Waals surface area contributed by atoms with Crippen molar-refractivity contribution in [3.8, 4) is 0 Å². The number of halogens is 1. The van der Waals surface area contributed by atoms with Gasteiger partial charge in [0.15, 0.2) is 0 Å². The van der Waals surface area contributed by atoms with E-state index in [1.165, 1.54) is 21.3 Å². The molecule has 0 unspecified atom stereocenters. The van der Waals surface area contributed by atoms with E-state index in [1.807, 2.05) is 0 Å². The normalized spacial score (nSPS) is 17.2. The minimum Gasteiger partial charge on any atom is -0.336 e. The zero-order chi connectivity index (χ0) is 14.9. The molecule has 0 radical (unpaired) electrons. The summed E-state index contributed by atoms with van der Waals surface area (Å²) in [6.07, 6.45) is 1.14. The first-order chi connectivity index (χ1) is 9.29. The van der Waals surface area contributed by atoms with Gasteiger partial charge in [0.05, 0.1) is 11.8 Å². The van der Waals surface area contributed by atoms with Gasteiger partial charge in [-0.25, -0.2) is 12.8 Å². The Kier molecular flexibility index (Phi) is 4.10. The molecule has 0 N–H and O–H groups in total. The van der Waals surface area contributed by atoms with Gasteiger partial charge in [-0.2, -0.15) is 4.31 Å². The Morgan fingerprint density at radius 3 is 2.35 bits per heavy atom. The van der Waals surface area contributed by atoms with Crippen molar-refractivity contribution in [2.75, 3.05) is 32.4 Å². The van der Waals surface area contributed by atoms with Gasteiger partial charge in [-0.05, 0) is 19.1 Å². The number of nitrogens with zero attached hydrogens (tertiary/aromatic N) is 2. The molecule has 0 atom stereocenters. The van der Waals surface area contributed by atoms with Crippen molar-refractivity contribution in [1.29, 1.82) is 0 Å². The highest BCUT2D eigenvalue weighted by atomic mass is 32.2. The van der Waals surface area contributed by atoms with Crippen LogP contribution in [0.2, 0.25) is 0 Å². The summed E-state index contributed by atoms with van der Waals surface area (Å²) in [4.78, 5) is 13.7. The summed E-state index contributed by atoms with van der Waals surface area (Å²) in [6, 6.07) is 4.39. The van der Waals surface area contributed by atoms with E-state index in [0.29, 0.717) is 0 Å². The van der Waals surface area contributed by atoms with Gasteiger partial charge in [0.2, 0.25) is 10.0 Å². The second kappa shape index (κ2) is 5.49. The van der Waals surface area contributed by atoms with Crippen molar-refractivity contribution < 1.29 is 17.6 Å². The van der Waals surface area contributed by atoms with Crippen LogP contribution in [0.3, 0.4) is 0 Å². The zero-order valence-corrected chi connectivity index (χ0v) is 12.3. The van der Waals surface area contributed by atoms with Crippen molar-refractivity contribution in [3.05, 3.63) is 35.1 Å². The molecule has 1 aromatic carbocycles. The van der Waals surface area contributed by atoms with Gasteiger partial charge in [0.25, 0.3) is 5.91 Å². The standard InChI is InChI=1S/C13H17FN2O3S/c1-10-3-4-12(14)11(9-10)13(17)15-5-7-16(8-6-15)20(2,18)19/h3-4,9H,5-8H2,1-2H3. The van der Waals surface area contributed by atoms with Crippen LogP contribution in [0.1, 0.15) is 15.9 Å². The van der Waals surface area contributed by atoms with Crippen LogP contribution >= 0.6 is 0 Å². The molecule has 0 aliphatic carbocycles. The zero-order valence-electron chi connectivity index (χ0n) is 11.5. The van der Waals surface area contributed by atoms with Gasteiger partial charge in [-0.15, -0.1) is 0 Å². The van der Waals surface area contributed by atoms with E-state index in [4.69, 9.17) is 0 Å². The van der Waals surface area contributed by atoms with Gasteiger partial charge < -0.3 is 4.90 Å². The molecule has 0 saturated carbocycles. The first-order valence-electron chi connectivity index (χ1n) is 6.29. The Balaban J connectivity index is 2.11. The molecule has 20 heavy (non-hydrogen) atoms. The summed E-state index contributed by atoms with van der Waals surface area (Å²) in [5, 5.41) is 0. The van der Waals surface area contributed by atoms with Crippen LogP contribution in [0.25, 0.3) is 0 Å². The van der Waals surface area contributed by atoms with Crippen molar-refractivity contribution in [2.24, 2.45) is 0 Å². The minimum atomic E-state index is -3.23. The third-order valence-corrected chi connectivity index (χ3v) is 4.65. The Labute approximate surface area is 118 Å². The van der Waals surface area contributed by atoms with Crippen molar-refractivity contribution in [3.63, 3.8) is 0 Å². The number of carbonyl (C=O) groups is 1. The van der Waals surface area contributed by atoms with Crippen LogP contribution in [0.4, 0.5) is 4.39 Å². The molecular weight excluding hydrogens is 283 g/mol.